The fourth-order valence-electron chi connectivity index (χ4n) is 3.62. The van der Waals surface area contributed by atoms with Crippen molar-refractivity contribution in [1.82, 2.24) is 9.71 Å². The van der Waals surface area contributed by atoms with Crippen molar-refractivity contribution in [3.05, 3.63) is 42.5 Å². The Balaban J connectivity index is 1.35. The molecule has 4 rings (SSSR count). The lowest BCUT2D eigenvalue weighted by molar-refractivity contribution is 0.353. The Labute approximate surface area is 175 Å². The van der Waals surface area contributed by atoms with Gasteiger partial charge in [0.15, 0.2) is 17.1 Å². The van der Waals surface area contributed by atoms with Crippen LogP contribution >= 0.6 is 0 Å². The van der Waals surface area contributed by atoms with E-state index in [1.54, 1.807) is 6.07 Å². The quantitative estimate of drug-likeness (QED) is 0.614. The topological polar surface area (TPSA) is 93.9 Å². The van der Waals surface area contributed by atoms with Crippen molar-refractivity contribution in [3.8, 4) is 11.5 Å². The van der Waals surface area contributed by atoms with Gasteiger partial charge in [0.05, 0.1) is 19.1 Å². The molecule has 2 heterocycles. The van der Waals surface area contributed by atoms with E-state index in [-0.39, 0.29) is 10.8 Å². The zero-order valence-electron chi connectivity index (χ0n) is 17.0. The van der Waals surface area contributed by atoms with Crippen molar-refractivity contribution < 1.29 is 22.3 Å². The lowest BCUT2D eigenvalue weighted by Gasteiger charge is -2.30. The van der Waals surface area contributed by atoms with Crippen LogP contribution < -0.4 is 19.1 Å². The maximum absolute atomic E-state index is 12.7. The summed E-state index contributed by atoms with van der Waals surface area (Å²) in [6.07, 6.45) is 1.71. The molecule has 0 aliphatic carbocycles. The van der Waals surface area contributed by atoms with Crippen molar-refractivity contribution in [3.63, 3.8) is 0 Å². The van der Waals surface area contributed by atoms with Gasteiger partial charge < -0.3 is 18.8 Å². The third-order valence-electron chi connectivity index (χ3n) is 5.39. The number of hydrogen-bond donors (Lipinski definition) is 1. The van der Waals surface area contributed by atoms with E-state index in [1.165, 1.54) is 26.4 Å². The summed E-state index contributed by atoms with van der Waals surface area (Å²) < 4.78 is 44.3. The second-order valence-corrected chi connectivity index (χ2v) is 9.03. The first-order chi connectivity index (χ1) is 14.5. The van der Waals surface area contributed by atoms with Gasteiger partial charge in [-0.2, -0.15) is 4.98 Å². The van der Waals surface area contributed by atoms with Gasteiger partial charge in [-0.15, -0.1) is 0 Å². The number of sulfonamides is 1. The number of nitrogens with one attached hydrogen (secondary N) is 1. The molecule has 0 unspecified atom stereocenters. The Kier molecular flexibility index (Phi) is 5.83. The molecule has 160 valence electrons. The maximum Gasteiger partial charge on any atom is 0.298 e. The molecule has 1 saturated heterocycles. The number of para-hydroxylation sites is 2. The van der Waals surface area contributed by atoms with E-state index in [0.717, 1.165) is 37.0 Å². The zero-order valence-corrected chi connectivity index (χ0v) is 17.8. The number of ether oxygens (including phenoxy) is 2. The summed E-state index contributed by atoms with van der Waals surface area (Å²) in [4.78, 5) is 6.81. The molecule has 0 bridgehead atoms. The third kappa shape index (κ3) is 4.22. The van der Waals surface area contributed by atoms with Crippen molar-refractivity contribution in [2.45, 2.75) is 17.7 Å². The number of aromatic nitrogens is 1. The van der Waals surface area contributed by atoms with E-state index in [9.17, 15) is 8.42 Å². The first-order valence-electron chi connectivity index (χ1n) is 9.82. The molecule has 1 aliphatic rings. The molecule has 1 N–H and O–H groups in total. The van der Waals surface area contributed by atoms with E-state index in [0.29, 0.717) is 24.1 Å². The van der Waals surface area contributed by atoms with Crippen LogP contribution in [0.15, 0.2) is 51.8 Å². The molecule has 1 aromatic heterocycles. The highest BCUT2D eigenvalue weighted by Crippen LogP contribution is 2.30. The van der Waals surface area contributed by atoms with Crippen molar-refractivity contribution in [1.29, 1.82) is 0 Å². The molecule has 9 heteroatoms. The molecule has 8 nitrogen and oxygen atoms in total. The Hall–Kier alpha value is -2.78. The normalized spacial score (nSPS) is 15.5. The summed E-state index contributed by atoms with van der Waals surface area (Å²) in [5, 5.41) is 0. The highest BCUT2D eigenvalue weighted by Gasteiger charge is 2.25. The summed E-state index contributed by atoms with van der Waals surface area (Å²) in [6, 6.07) is 12.9. The number of nitrogens with zero attached hydrogens (tertiary/aromatic N) is 2. The summed E-state index contributed by atoms with van der Waals surface area (Å²) in [5.74, 6) is 1.12. The Morgan fingerprint density at radius 2 is 1.83 bits per heavy atom. The molecule has 1 fully saturated rings. The van der Waals surface area contributed by atoms with E-state index in [1.807, 2.05) is 24.3 Å². The molecule has 3 aromatic rings. The van der Waals surface area contributed by atoms with E-state index >= 15 is 0 Å². The van der Waals surface area contributed by atoms with Crippen LogP contribution in [0.3, 0.4) is 0 Å². The largest absolute Gasteiger partial charge is 0.493 e. The molecular formula is C21H25N3O5S. The zero-order chi connectivity index (χ0) is 21.1. The van der Waals surface area contributed by atoms with Crippen LogP contribution in [0.5, 0.6) is 11.5 Å². The van der Waals surface area contributed by atoms with E-state index in [4.69, 9.17) is 13.9 Å². The Morgan fingerprint density at radius 1 is 1.10 bits per heavy atom. The molecular weight excluding hydrogens is 406 g/mol. The first kappa shape index (κ1) is 20.5. The van der Waals surface area contributed by atoms with Crippen LogP contribution in [0.4, 0.5) is 6.01 Å². The predicted molar refractivity (Wildman–Crippen MR) is 114 cm³/mol. The smallest absolute Gasteiger partial charge is 0.298 e. The number of methoxy groups -OCH3 is 2. The molecule has 30 heavy (non-hydrogen) atoms. The molecule has 0 amide bonds. The number of benzene rings is 2. The number of rotatable bonds is 7. The average molecular weight is 432 g/mol. The number of piperidine rings is 1. The van der Waals surface area contributed by atoms with Gasteiger partial charge in [-0.3, -0.25) is 0 Å². The van der Waals surface area contributed by atoms with Gasteiger partial charge in [-0.1, -0.05) is 12.1 Å². The maximum atomic E-state index is 12.7. The van der Waals surface area contributed by atoms with Crippen LogP contribution in [-0.2, 0) is 10.0 Å². The summed E-state index contributed by atoms with van der Waals surface area (Å²) in [7, 11) is -0.640. The number of fused-ring (bicyclic) bond motifs is 1. The van der Waals surface area contributed by atoms with Gasteiger partial charge >= 0.3 is 0 Å². The van der Waals surface area contributed by atoms with Gasteiger partial charge in [0.1, 0.15) is 5.52 Å². The number of anilines is 1. The SMILES string of the molecule is COc1ccc(S(=O)(=O)NCC2CCN(c3nc4ccccc4o3)CC2)cc1OC. The van der Waals surface area contributed by atoms with Crippen LogP contribution in [0.1, 0.15) is 12.8 Å². The predicted octanol–water partition coefficient (Wildman–Crippen LogP) is 3.04. The summed E-state index contributed by atoms with van der Waals surface area (Å²) >= 11 is 0. The Bertz CT molecular complexity index is 1090. The molecule has 2 aromatic carbocycles. The van der Waals surface area contributed by atoms with E-state index in [2.05, 4.69) is 14.6 Å². The van der Waals surface area contributed by atoms with Crippen LogP contribution in [-0.4, -0.2) is 47.3 Å². The second kappa shape index (κ2) is 8.53. The average Bonchev–Trinajstić information content (AvgIpc) is 3.22. The minimum absolute atomic E-state index is 0.157. The summed E-state index contributed by atoms with van der Waals surface area (Å²) in [5.41, 5.74) is 1.62. The van der Waals surface area contributed by atoms with Gasteiger partial charge in [0.2, 0.25) is 10.0 Å². The number of oxazole rings is 1. The Morgan fingerprint density at radius 3 is 2.53 bits per heavy atom. The van der Waals surface area contributed by atoms with Crippen LogP contribution in [0.2, 0.25) is 0 Å². The highest BCUT2D eigenvalue weighted by molar-refractivity contribution is 7.89. The van der Waals surface area contributed by atoms with Crippen LogP contribution in [0.25, 0.3) is 11.1 Å². The van der Waals surface area contributed by atoms with Gasteiger partial charge in [-0.25, -0.2) is 13.1 Å². The minimum Gasteiger partial charge on any atom is -0.493 e. The van der Waals surface area contributed by atoms with Gasteiger partial charge in [0.25, 0.3) is 6.01 Å². The second-order valence-electron chi connectivity index (χ2n) is 7.26. The standard InChI is InChI=1S/C21H25N3O5S/c1-27-19-8-7-16(13-20(19)28-2)30(25,26)22-14-15-9-11-24(12-10-15)21-23-17-5-3-4-6-18(17)29-21/h3-8,13,15,22H,9-12,14H2,1-2H3. The molecule has 0 spiro atoms. The van der Waals surface area contributed by atoms with Gasteiger partial charge in [0, 0.05) is 25.7 Å². The molecule has 0 atom stereocenters. The van der Waals surface area contributed by atoms with Crippen molar-refractivity contribution in [2.24, 2.45) is 5.92 Å². The lowest BCUT2D eigenvalue weighted by atomic mass is 9.97. The first-order valence-corrected chi connectivity index (χ1v) is 11.3. The van der Waals surface area contributed by atoms with Crippen molar-refractivity contribution >= 4 is 27.1 Å². The van der Waals surface area contributed by atoms with Crippen molar-refractivity contribution in [2.75, 3.05) is 38.8 Å². The molecule has 0 radical (unpaired) electrons. The third-order valence-corrected chi connectivity index (χ3v) is 6.82. The number of hydrogen-bond acceptors (Lipinski definition) is 7. The van der Waals surface area contributed by atoms with Crippen LogP contribution in [0, 0.1) is 5.92 Å². The monoisotopic (exact) mass is 431 g/mol. The lowest BCUT2D eigenvalue weighted by Crippen LogP contribution is -2.38. The minimum atomic E-state index is -3.63. The summed E-state index contributed by atoms with van der Waals surface area (Å²) in [6.45, 7) is 1.93. The molecule has 1 aliphatic heterocycles. The van der Waals surface area contributed by atoms with E-state index < -0.39 is 10.0 Å². The fourth-order valence-corrected chi connectivity index (χ4v) is 4.75. The van der Waals surface area contributed by atoms with Gasteiger partial charge in [-0.05, 0) is 43.0 Å². The fraction of sp³-hybridized carbons (Fsp3) is 0.381. The highest BCUT2D eigenvalue weighted by atomic mass is 32.2. The molecule has 0 saturated carbocycles.